The zero-order valence-corrected chi connectivity index (χ0v) is 11.5. The van der Waals surface area contributed by atoms with Gasteiger partial charge in [-0.25, -0.2) is 9.78 Å². The van der Waals surface area contributed by atoms with Crippen LogP contribution in [0, 0.1) is 0 Å². The van der Waals surface area contributed by atoms with Gasteiger partial charge in [0.05, 0.1) is 5.69 Å². The normalized spacial score (nSPS) is 19.2. The third-order valence-corrected chi connectivity index (χ3v) is 4.85. The molecule has 1 aliphatic rings. The summed E-state index contributed by atoms with van der Waals surface area (Å²) < 4.78 is 0. The van der Waals surface area contributed by atoms with Crippen LogP contribution in [0.5, 0.6) is 0 Å². The van der Waals surface area contributed by atoms with E-state index < -0.39 is 0 Å². The standard InChI is InChI=1S/C11H17N3OS2/c1-2-8-7-17-11(13-8)14-10(15)12-6-9-4-3-5-16-9/h7,9H,2-6H2,1H3,(H2,12,13,14,15). The molecule has 0 radical (unpaired) electrons. The third kappa shape index (κ3) is 3.89. The molecule has 2 amide bonds. The Kier molecular flexibility index (Phi) is 4.67. The van der Waals surface area contributed by atoms with Crippen molar-refractivity contribution in [2.45, 2.75) is 31.4 Å². The lowest BCUT2D eigenvalue weighted by Gasteiger charge is -2.09. The molecule has 4 nitrogen and oxygen atoms in total. The van der Waals surface area contributed by atoms with Crippen LogP contribution in [0.15, 0.2) is 5.38 Å². The van der Waals surface area contributed by atoms with Crippen LogP contribution in [0.3, 0.4) is 0 Å². The van der Waals surface area contributed by atoms with Gasteiger partial charge in [-0.2, -0.15) is 11.8 Å². The Hall–Kier alpha value is -0.750. The van der Waals surface area contributed by atoms with Crippen molar-refractivity contribution in [3.05, 3.63) is 11.1 Å². The molecule has 6 heteroatoms. The molecule has 1 atom stereocenters. The van der Waals surface area contributed by atoms with Crippen LogP contribution in [-0.4, -0.2) is 28.6 Å². The molecule has 1 aromatic heterocycles. The monoisotopic (exact) mass is 271 g/mol. The minimum Gasteiger partial charge on any atom is -0.337 e. The SMILES string of the molecule is CCc1csc(NC(=O)NCC2CCCS2)n1. The van der Waals surface area contributed by atoms with Gasteiger partial charge in [-0.1, -0.05) is 6.92 Å². The van der Waals surface area contributed by atoms with Crippen molar-refractivity contribution >= 4 is 34.3 Å². The summed E-state index contributed by atoms with van der Waals surface area (Å²) in [6.45, 7) is 2.80. The highest BCUT2D eigenvalue weighted by molar-refractivity contribution is 8.00. The van der Waals surface area contributed by atoms with E-state index in [1.165, 1.54) is 29.9 Å². The predicted octanol–water partition coefficient (Wildman–Crippen LogP) is 2.72. The van der Waals surface area contributed by atoms with E-state index in [1.807, 2.05) is 17.1 Å². The van der Waals surface area contributed by atoms with Gasteiger partial charge in [0.15, 0.2) is 5.13 Å². The first-order valence-electron chi connectivity index (χ1n) is 5.88. The molecule has 2 rings (SSSR count). The van der Waals surface area contributed by atoms with Crippen LogP contribution < -0.4 is 10.6 Å². The zero-order valence-electron chi connectivity index (χ0n) is 9.86. The quantitative estimate of drug-likeness (QED) is 0.885. The van der Waals surface area contributed by atoms with Crippen LogP contribution in [-0.2, 0) is 6.42 Å². The first kappa shape index (κ1) is 12.7. The number of anilines is 1. The highest BCUT2D eigenvalue weighted by Gasteiger charge is 2.16. The third-order valence-electron chi connectivity index (χ3n) is 2.65. The lowest BCUT2D eigenvalue weighted by atomic mass is 10.2. The number of carbonyl (C=O) groups is 1. The molecule has 0 spiro atoms. The molecule has 2 heterocycles. The van der Waals surface area contributed by atoms with E-state index >= 15 is 0 Å². The average molecular weight is 271 g/mol. The van der Waals surface area contributed by atoms with E-state index in [-0.39, 0.29) is 6.03 Å². The van der Waals surface area contributed by atoms with E-state index in [9.17, 15) is 4.79 Å². The number of thioether (sulfide) groups is 1. The number of thiazole rings is 1. The Bertz CT molecular complexity index is 375. The van der Waals surface area contributed by atoms with Gasteiger partial charge in [-0.05, 0) is 25.0 Å². The summed E-state index contributed by atoms with van der Waals surface area (Å²) in [5, 5.41) is 8.90. The molecule has 1 aromatic rings. The minimum absolute atomic E-state index is 0.144. The second-order valence-electron chi connectivity index (χ2n) is 3.97. The van der Waals surface area contributed by atoms with Crippen molar-refractivity contribution in [3.8, 4) is 0 Å². The number of aromatic nitrogens is 1. The average Bonchev–Trinajstić information content (AvgIpc) is 2.97. The molecular weight excluding hydrogens is 254 g/mol. The molecule has 0 aliphatic carbocycles. The van der Waals surface area contributed by atoms with Gasteiger partial charge in [-0.3, -0.25) is 5.32 Å². The van der Waals surface area contributed by atoms with Gasteiger partial charge in [-0.15, -0.1) is 11.3 Å². The van der Waals surface area contributed by atoms with Crippen LogP contribution in [0.25, 0.3) is 0 Å². The van der Waals surface area contributed by atoms with Crippen molar-refractivity contribution in [2.24, 2.45) is 0 Å². The molecule has 1 fully saturated rings. The Balaban J connectivity index is 1.72. The number of rotatable bonds is 4. The fourth-order valence-electron chi connectivity index (χ4n) is 1.68. The molecule has 0 saturated carbocycles. The molecule has 0 bridgehead atoms. The van der Waals surface area contributed by atoms with Crippen LogP contribution in [0.2, 0.25) is 0 Å². The summed E-state index contributed by atoms with van der Waals surface area (Å²) in [5.41, 5.74) is 1.02. The highest BCUT2D eigenvalue weighted by atomic mass is 32.2. The minimum atomic E-state index is -0.144. The maximum atomic E-state index is 11.6. The van der Waals surface area contributed by atoms with Gasteiger partial charge in [0.2, 0.25) is 0 Å². The second kappa shape index (κ2) is 6.26. The number of urea groups is 1. The first-order valence-corrected chi connectivity index (χ1v) is 7.81. The molecule has 1 aliphatic heterocycles. The Labute approximate surface area is 110 Å². The number of amides is 2. The zero-order chi connectivity index (χ0) is 12.1. The molecule has 1 unspecified atom stereocenters. The molecule has 17 heavy (non-hydrogen) atoms. The number of hydrogen-bond acceptors (Lipinski definition) is 4. The van der Waals surface area contributed by atoms with Crippen LogP contribution in [0.1, 0.15) is 25.5 Å². The summed E-state index contributed by atoms with van der Waals surface area (Å²) >= 11 is 3.42. The molecular formula is C11H17N3OS2. The van der Waals surface area contributed by atoms with Crippen molar-refractivity contribution in [1.82, 2.24) is 10.3 Å². The topological polar surface area (TPSA) is 54.0 Å². The molecule has 0 aromatic carbocycles. The fraction of sp³-hybridized carbons (Fsp3) is 0.636. The number of nitrogens with one attached hydrogen (secondary N) is 2. The molecule has 94 valence electrons. The van der Waals surface area contributed by atoms with E-state index in [0.717, 1.165) is 18.7 Å². The molecule has 2 N–H and O–H groups in total. The van der Waals surface area contributed by atoms with E-state index in [1.54, 1.807) is 0 Å². The lowest BCUT2D eigenvalue weighted by Crippen LogP contribution is -2.33. The van der Waals surface area contributed by atoms with Gasteiger partial charge >= 0.3 is 6.03 Å². The van der Waals surface area contributed by atoms with E-state index in [4.69, 9.17) is 0 Å². The van der Waals surface area contributed by atoms with Crippen molar-refractivity contribution in [1.29, 1.82) is 0 Å². The Morgan fingerprint density at radius 1 is 1.65 bits per heavy atom. The summed E-state index contributed by atoms with van der Waals surface area (Å²) in [6, 6.07) is -0.144. The van der Waals surface area contributed by atoms with E-state index in [0.29, 0.717) is 10.4 Å². The van der Waals surface area contributed by atoms with Crippen LogP contribution in [0.4, 0.5) is 9.93 Å². The van der Waals surface area contributed by atoms with Crippen molar-refractivity contribution in [2.75, 3.05) is 17.6 Å². The predicted molar refractivity (Wildman–Crippen MR) is 74.0 cm³/mol. The summed E-state index contributed by atoms with van der Waals surface area (Å²) in [7, 11) is 0. The number of nitrogens with zero attached hydrogens (tertiary/aromatic N) is 1. The van der Waals surface area contributed by atoms with Crippen LogP contribution >= 0.6 is 23.1 Å². The highest BCUT2D eigenvalue weighted by Crippen LogP contribution is 2.25. The van der Waals surface area contributed by atoms with Gasteiger partial charge in [0, 0.05) is 17.2 Å². The van der Waals surface area contributed by atoms with Gasteiger partial charge in [0.25, 0.3) is 0 Å². The molecule has 1 saturated heterocycles. The smallest absolute Gasteiger partial charge is 0.321 e. The summed E-state index contributed by atoms with van der Waals surface area (Å²) in [5.74, 6) is 1.22. The lowest BCUT2D eigenvalue weighted by molar-refractivity contribution is 0.252. The first-order chi connectivity index (χ1) is 8.28. The van der Waals surface area contributed by atoms with Crippen molar-refractivity contribution in [3.63, 3.8) is 0 Å². The van der Waals surface area contributed by atoms with Crippen molar-refractivity contribution < 1.29 is 4.79 Å². The Morgan fingerprint density at radius 3 is 3.18 bits per heavy atom. The largest absolute Gasteiger partial charge is 0.337 e. The maximum absolute atomic E-state index is 11.6. The number of hydrogen-bond donors (Lipinski definition) is 2. The second-order valence-corrected chi connectivity index (χ2v) is 6.23. The maximum Gasteiger partial charge on any atom is 0.321 e. The Morgan fingerprint density at radius 2 is 2.53 bits per heavy atom. The summed E-state index contributed by atoms with van der Waals surface area (Å²) in [6.07, 6.45) is 3.38. The summed E-state index contributed by atoms with van der Waals surface area (Å²) in [4.78, 5) is 15.9. The van der Waals surface area contributed by atoms with Gasteiger partial charge < -0.3 is 5.32 Å². The van der Waals surface area contributed by atoms with E-state index in [2.05, 4.69) is 22.5 Å². The number of carbonyl (C=O) groups excluding carboxylic acids is 1. The van der Waals surface area contributed by atoms with Gasteiger partial charge in [0.1, 0.15) is 0 Å². The fourth-order valence-corrected chi connectivity index (χ4v) is 3.67. The number of aryl methyl sites for hydroxylation is 1.